The molecule has 3 saturated carbocycles. The van der Waals surface area contributed by atoms with Gasteiger partial charge in [0.2, 0.25) is 0 Å². The van der Waals surface area contributed by atoms with Gasteiger partial charge in [-0.3, -0.25) is 4.79 Å². The summed E-state index contributed by atoms with van der Waals surface area (Å²) >= 11 is 0. The molecule has 3 unspecified atom stereocenters. The van der Waals surface area contributed by atoms with E-state index in [0.717, 1.165) is 12.3 Å². The van der Waals surface area contributed by atoms with Gasteiger partial charge in [0.1, 0.15) is 5.60 Å². The van der Waals surface area contributed by atoms with E-state index < -0.39 is 0 Å². The van der Waals surface area contributed by atoms with Gasteiger partial charge >= 0.3 is 5.97 Å². The minimum atomic E-state index is -0.379. The first-order chi connectivity index (χ1) is 9.89. The Morgan fingerprint density at radius 3 is 2.27 bits per heavy atom. The van der Waals surface area contributed by atoms with Crippen LogP contribution in [0.4, 0.5) is 0 Å². The van der Waals surface area contributed by atoms with Gasteiger partial charge < -0.3 is 4.74 Å². The largest absolute Gasteiger partial charge is 0.460 e. The quantitative estimate of drug-likeness (QED) is 0.513. The first-order valence-electron chi connectivity index (χ1n) is 8.84. The molecule has 0 radical (unpaired) electrons. The second-order valence-corrected chi connectivity index (χ2v) is 9.95. The summed E-state index contributed by atoms with van der Waals surface area (Å²) in [5.74, 6) is 0.796. The number of hydrogen-bond donors (Lipinski definition) is 0. The smallest absolute Gasteiger partial charge is 0.307 e. The van der Waals surface area contributed by atoms with Crippen molar-refractivity contribution < 1.29 is 9.53 Å². The van der Waals surface area contributed by atoms with Crippen LogP contribution < -0.4 is 0 Å². The van der Waals surface area contributed by atoms with E-state index in [1.807, 2.05) is 20.8 Å². The summed E-state index contributed by atoms with van der Waals surface area (Å²) in [6.45, 7) is 15.4. The molecule has 0 aromatic heterocycles. The third-order valence-corrected chi connectivity index (χ3v) is 7.04. The zero-order chi connectivity index (χ0) is 16.6. The zero-order valence-corrected chi connectivity index (χ0v) is 15.4. The standard InChI is InChI=1S/C20H32O2/c1-17(2,3)22-16(21)12-19(6)11-15(19)14-10-13-8-9-20(14,7)18(13,4)5/h13H,8-12H2,1-7H3. The molecule has 3 aliphatic rings. The normalized spacial score (nSPS) is 42.6. The van der Waals surface area contributed by atoms with E-state index >= 15 is 0 Å². The molecule has 2 nitrogen and oxygen atoms in total. The Kier molecular flexibility index (Phi) is 3.21. The van der Waals surface area contributed by atoms with Gasteiger partial charge in [-0.05, 0) is 63.2 Å². The highest BCUT2D eigenvalue weighted by Crippen LogP contribution is 2.72. The van der Waals surface area contributed by atoms with E-state index in [0.29, 0.717) is 17.3 Å². The fourth-order valence-corrected chi connectivity index (χ4v) is 5.10. The summed E-state index contributed by atoms with van der Waals surface area (Å²) in [5, 5.41) is 0. The highest BCUT2D eigenvalue weighted by Gasteiger charge is 2.62. The summed E-state index contributed by atoms with van der Waals surface area (Å²) in [5.41, 5.74) is 3.75. The lowest BCUT2D eigenvalue weighted by Gasteiger charge is -2.36. The van der Waals surface area contributed by atoms with Crippen LogP contribution in [0.15, 0.2) is 11.1 Å². The van der Waals surface area contributed by atoms with Crippen molar-refractivity contribution in [3.05, 3.63) is 11.1 Å². The van der Waals surface area contributed by atoms with E-state index in [-0.39, 0.29) is 17.0 Å². The molecular formula is C20H32O2. The van der Waals surface area contributed by atoms with Gasteiger partial charge in [0.05, 0.1) is 6.42 Å². The van der Waals surface area contributed by atoms with Crippen LogP contribution in [0.3, 0.4) is 0 Å². The molecule has 0 saturated heterocycles. The van der Waals surface area contributed by atoms with Crippen LogP contribution in [0.25, 0.3) is 0 Å². The Morgan fingerprint density at radius 1 is 1.18 bits per heavy atom. The number of rotatable bonds is 2. The minimum Gasteiger partial charge on any atom is -0.460 e. The van der Waals surface area contributed by atoms with Gasteiger partial charge in [0, 0.05) is 5.41 Å². The number of carbonyl (C=O) groups excluding carboxylic acids is 1. The Morgan fingerprint density at radius 2 is 1.82 bits per heavy atom. The van der Waals surface area contributed by atoms with Crippen molar-refractivity contribution in [1.82, 2.24) is 0 Å². The molecule has 22 heavy (non-hydrogen) atoms. The van der Waals surface area contributed by atoms with Gasteiger partial charge in [-0.25, -0.2) is 0 Å². The fraction of sp³-hybridized carbons (Fsp3) is 0.850. The predicted molar refractivity (Wildman–Crippen MR) is 89.4 cm³/mol. The molecule has 2 bridgehead atoms. The molecule has 0 aromatic carbocycles. The van der Waals surface area contributed by atoms with Crippen LogP contribution in [-0.4, -0.2) is 11.6 Å². The molecule has 3 atom stereocenters. The summed E-state index contributed by atoms with van der Waals surface area (Å²) in [6, 6.07) is 0. The Balaban J connectivity index is 1.78. The Bertz CT molecular complexity index is 549. The van der Waals surface area contributed by atoms with Crippen LogP contribution in [-0.2, 0) is 9.53 Å². The molecule has 0 aliphatic heterocycles. The van der Waals surface area contributed by atoms with E-state index in [1.165, 1.54) is 19.3 Å². The van der Waals surface area contributed by atoms with Crippen molar-refractivity contribution in [3.63, 3.8) is 0 Å². The van der Waals surface area contributed by atoms with Gasteiger partial charge in [0.15, 0.2) is 0 Å². The molecular weight excluding hydrogens is 272 g/mol. The predicted octanol–water partition coefficient (Wildman–Crippen LogP) is 5.27. The highest BCUT2D eigenvalue weighted by atomic mass is 16.6. The molecule has 2 heteroatoms. The van der Waals surface area contributed by atoms with Crippen molar-refractivity contribution in [2.24, 2.45) is 22.2 Å². The number of ether oxygens (including phenoxy) is 1. The van der Waals surface area contributed by atoms with Crippen LogP contribution in [0.2, 0.25) is 0 Å². The van der Waals surface area contributed by atoms with Gasteiger partial charge in [-0.2, -0.15) is 0 Å². The average Bonchev–Trinajstić information content (AvgIpc) is 2.85. The topological polar surface area (TPSA) is 26.3 Å². The molecule has 3 aliphatic carbocycles. The SMILES string of the molecule is CC(C)(C)OC(=O)CC1(C)CC1=C1CC2CCC1(C)C2(C)C. The Hall–Kier alpha value is -0.790. The van der Waals surface area contributed by atoms with Crippen molar-refractivity contribution in [3.8, 4) is 0 Å². The third kappa shape index (κ3) is 2.25. The van der Waals surface area contributed by atoms with E-state index in [1.54, 1.807) is 11.1 Å². The van der Waals surface area contributed by atoms with Gasteiger partial charge in [-0.15, -0.1) is 0 Å². The second-order valence-electron chi connectivity index (χ2n) is 9.95. The highest BCUT2D eigenvalue weighted by molar-refractivity contribution is 5.73. The lowest BCUT2D eigenvalue weighted by Crippen LogP contribution is -2.28. The van der Waals surface area contributed by atoms with Gasteiger partial charge in [0.25, 0.3) is 0 Å². The van der Waals surface area contributed by atoms with Crippen LogP contribution in [0.1, 0.15) is 80.6 Å². The molecule has 0 amide bonds. The maximum atomic E-state index is 12.2. The zero-order valence-electron chi connectivity index (χ0n) is 15.4. The molecule has 3 fully saturated rings. The van der Waals surface area contributed by atoms with E-state index in [4.69, 9.17) is 4.74 Å². The summed E-state index contributed by atoms with van der Waals surface area (Å²) < 4.78 is 5.53. The van der Waals surface area contributed by atoms with Crippen molar-refractivity contribution in [2.75, 3.05) is 0 Å². The number of carbonyl (C=O) groups is 1. The summed E-state index contributed by atoms with van der Waals surface area (Å²) in [4.78, 5) is 12.2. The summed E-state index contributed by atoms with van der Waals surface area (Å²) in [7, 11) is 0. The lowest BCUT2D eigenvalue weighted by molar-refractivity contribution is -0.156. The maximum Gasteiger partial charge on any atom is 0.307 e. The van der Waals surface area contributed by atoms with Crippen LogP contribution >= 0.6 is 0 Å². The van der Waals surface area contributed by atoms with E-state index in [9.17, 15) is 4.79 Å². The lowest BCUT2D eigenvalue weighted by atomic mass is 9.68. The molecule has 0 aromatic rings. The Labute approximate surface area is 135 Å². The van der Waals surface area contributed by atoms with E-state index in [2.05, 4.69) is 27.7 Å². The monoisotopic (exact) mass is 304 g/mol. The minimum absolute atomic E-state index is 0.0434. The molecule has 0 N–H and O–H groups in total. The first-order valence-corrected chi connectivity index (χ1v) is 8.84. The average molecular weight is 304 g/mol. The molecule has 0 heterocycles. The summed E-state index contributed by atoms with van der Waals surface area (Å²) in [6.07, 6.45) is 5.61. The number of allylic oxidation sites excluding steroid dienone is 2. The molecule has 124 valence electrons. The molecule has 3 rings (SSSR count). The van der Waals surface area contributed by atoms with Crippen LogP contribution in [0.5, 0.6) is 0 Å². The van der Waals surface area contributed by atoms with Gasteiger partial charge in [-0.1, -0.05) is 38.8 Å². The number of hydrogen-bond acceptors (Lipinski definition) is 2. The maximum absolute atomic E-state index is 12.2. The second kappa shape index (κ2) is 4.39. The first kappa shape index (κ1) is 16.1. The third-order valence-electron chi connectivity index (χ3n) is 7.04. The van der Waals surface area contributed by atoms with Crippen molar-refractivity contribution in [2.45, 2.75) is 86.2 Å². The van der Waals surface area contributed by atoms with Crippen molar-refractivity contribution in [1.29, 1.82) is 0 Å². The fourth-order valence-electron chi connectivity index (χ4n) is 5.10. The van der Waals surface area contributed by atoms with Crippen molar-refractivity contribution >= 4 is 5.97 Å². The molecule has 0 spiro atoms. The van der Waals surface area contributed by atoms with Crippen LogP contribution in [0, 0.1) is 22.2 Å². The number of fused-ring (bicyclic) bond motifs is 2. The number of esters is 1.